The molecule has 0 bridgehead atoms. The second-order valence-electron chi connectivity index (χ2n) is 5.42. The second-order valence-corrected chi connectivity index (χ2v) is 5.42. The van der Waals surface area contributed by atoms with Crippen molar-refractivity contribution in [3.8, 4) is 0 Å². The number of rotatable bonds is 5. The summed E-state index contributed by atoms with van der Waals surface area (Å²) in [4.78, 5) is 23.6. The van der Waals surface area contributed by atoms with Crippen LogP contribution in [-0.2, 0) is 9.59 Å². The van der Waals surface area contributed by atoms with E-state index in [0.717, 1.165) is 11.1 Å². The average Bonchev–Trinajstić information content (AvgIpc) is 2.49. The molecule has 0 aliphatic heterocycles. The first-order valence-corrected chi connectivity index (χ1v) is 7.33. The van der Waals surface area contributed by atoms with Crippen molar-refractivity contribution in [2.75, 3.05) is 5.32 Å². The van der Waals surface area contributed by atoms with Crippen LogP contribution >= 0.6 is 0 Å². The monoisotopic (exact) mass is 314 g/mol. The Kier molecular flexibility index (Phi) is 5.46. The van der Waals surface area contributed by atoms with Gasteiger partial charge in [0.05, 0.1) is 12.5 Å². The van der Waals surface area contributed by atoms with Gasteiger partial charge >= 0.3 is 0 Å². The highest BCUT2D eigenvalue weighted by atomic mass is 19.1. The molecule has 4 nitrogen and oxygen atoms in total. The lowest BCUT2D eigenvalue weighted by atomic mass is 10.0. The molecule has 1 unspecified atom stereocenters. The lowest BCUT2D eigenvalue weighted by Gasteiger charge is -2.18. The van der Waals surface area contributed by atoms with Crippen LogP contribution in [0.25, 0.3) is 0 Å². The molecule has 0 saturated heterocycles. The second kappa shape index (κ2) is 7.54. The van der Waals surface area contributed by atoms with Crippen LogP contribution in [0.15, 0.2) is 48.5 Å². The molecule has 2 aromatic rings. The Labute approximate surface area is 134 Å². The fraction of sp³-hybridized carbons (Fsp3) is 0.222. The molecule has 0 fully saturated rings. The number of hydrogen-bond acceptors (Lipinski definition) is 2. The summed E-state index contributed by atoms with van der Waals surface area (Å²) in [6.45, 7) is 3.39. The molecule has 2 aromatic carbocycles. The molecular formula is C18H19FN2O2. The third-order valence-corrected chi connectivity index (χ3v) is 3.37. The van der Waals surface area contributed by atoms with Gasteiger partial charge in [-0.1, -0.05) is 29.8 Å². The molecule has 1 atom stereocenters. The van der Waals surface area contributed by atoms with Crippen molar-refractivity contribution in [2.24, 2.45) is 0 Å². The average molecular weight is 314 g/mol. The lowest BCUT2D eigenvalue weighted by molar-refractivity contribution is -0.120. The summed E-state index contributed by atoms with van der Waals surface area (Å²) < 4.78 is 12.9. The van der Waals surface area contributed by atoms with Crippen LogP contribution in [0.3, 0.4) is 0 Å². The van der Waals surface area contributed by atoms with Gasteiger partial charge in [-0.2, -0.15) is 0 Å². The van der Waals surface area contributed by atoms with Gasteiger partial charge in [0.25, 0.3) is 0 Å². The fourth-order valence-electron chi connectivity index (χ4n) is 2.23. The first-order chi connectivity index (χ1) is 10.9. The molecule has 2 rings (SSSR count). The Morgan fingerprint density at radius 2 is 1.65 bits per heavy atom. The van der Waals surface area contributed by atoms with Crippen LogP contribution < -0.4 is 10.6 Å². The predicted octanol–water partition coefficient (Wildman–Crippen LogP) is 3.34. The Balaban J connectivity index is 2.07. The first kappa shape index (κ1) is 16.7. The third-order valence-electron chi connectivity index (χ3n) is 3.37. The van der Waals surface area contributed by atoms with Crippen molar-refractivity contribution in [1.82, 2.24) is 5.32 Å². The minimum Gasteiger partial charge on any atom is -0.349 e. The molecular weight excluding hydrogens is 295 g/mol. The van der Waals surface area contributed by atoms with E-state index in [2.05, 4.69) is 10.6 Å². The smallest absolute Gasteiger partial charge is 0.226 e. The van der Waals surface area contributed by atoms with Crippen molar-refractivity contribution >= 4 is 17.5 Å². The topological polar surface area (TPSA) is 58.2 Å². The molecule has 0 aliphatic carbocycles. The van der Waals surface area contributed by atoms with E-state index in [9.17, 15) is 14.0 Å². The maximum Gasteiger partial charge on any atom is 0.226 e. The number of anilines is 1. The highest BCUT2D eigenvalue weighted by Gasteiger charge is 2.17. The molecule has 0 spiro atoms. The number of carbonyl (C=O) groups is 2. The van der Waals surface area contributed by atoms with Gasteiger partial charge in [-0.15, -0.1) is 0 Å². The molecule has 2 N–H and O–H groups in total. The van der Waals surface area contributed by atoms with E-state index in [1.54, 1.807) is 0 Å². The van der Waals surface area contributed by atoms with E-state index >= 15 is 0 Å². The molecule has 0 saturated carbocycles. The maximum atomic E-state index is 12.9. The van der Waals surface area contributed by atoms with E-state index in [0.29, 0.717) is 5.69 Å². The normalized spacial score (nSPS) is 11.6. The molecule has 5 heteroatoms. The van der Waals surface area contributed by atoms with E-state index < -0.39 is 6.04 Å². The number of halogens is 1. The van der Waals surface area contributed by atoms with Crippen molar-refractivity contribution in [2.45, 2.75) is 26.3 Å². The van der Waals surface area contributed by atoms with Gasteiger partial charge in [0.2, 0.25) is 11.8 Å². The summed E-state index contributed by atoms with van der Waals surface area (Å²) in [6.07, 6.45) is 0.0972. The van der Waals surface area contributed by atoms with Crippen LogP contribution in [0.1, 0.15) is 30.5 Å². The predicted molar refractivity (Wildman–Crippen MR) is 87.4 cm³/mol. The Morgan fingerprint density at radius 1 is 1.04 bits per heavy atom. The van der Waals surface area contributed by atoms with Crippen molar-refractivity contribution in [1.29, 1.82) is 0 Å². The number of aryl methyl sites for hydroxylation is 1. The summed E-state index contributed by atoms with van der Waals surface area (Å²) in [5.41, 5.74) is 2.48. The summed E-state index contributed by atoms with van der Waals surface area (Å²) in [6, 6.07) is 12.8. The third kappa shape index (κ3) is 5.21. The Hall–Kier alpha value is -2.69. The summed E-state index contributed by atoms with van der Waals surface area (Å²) in [5, 5.41) is 5.48. The zero-order valence-corrected chi connectivity index (χ0v) is 13.1. The number of benzene rings is 2. The van der Waals surface area contributed by atoms with Crippen molar-refractivity contribution < 1.29 is 14.0 Å². The van der Waals surface area contributed by atoms with E-state index in [1.807, 2.05) is 31.2 Å². The van der Waals surface area contributed by atoms with Crippen molar-refractivity contribution in [3.63, 3.8) is 0 Å². The van der Waals surface area contributed by atoms with Crippen LogP contribution in [-0.4, -0.2) is 11.8 Å². The van der Waals surface area contributed by atoms with Gasteiger partial charge in [0, 0.05) is 12.6 Å². The number of hydrogen-bond donors (Lipinski definition) is 2. The zero-order chi connectivity index (χ0) is 16.8. The zero-order valence-electron chi connectivity index (χ0n) is 13.1. The standard InChI is InChI=1S/C18H19FN2O2/c1-12-3-5-14(6-4-12)17(20-13(2)22)11-18(23)21-16-9-7-15(19)8-10-16/h3-10,17H,11H2,1-2H3,(H,20,22)(H,21,23). The molecule has 120 valence electrons. The van der Waals surface area contributed by atoms with Gasteiger partial charge in [0.15, 0.2) is 0 Å². The van der Waals surface area contributed by atoms with E-state index in [-0.39, 0.29) is 24.1 Å². The fourth-order valence-corrected chi connectivity index (χ4v) is 2.23. The van der Waals surface area contributed by atoms with Crippen molar-refractivity contribution in [3.05, 3.63) is 65.5 Å². The largest absolute Gasteiger partial charge is 0.349 e. The summed E-state index contributed by atoms with van der Waals surface area (Å²) >= 11 is 0. The number of nitrogens with one attached hydrogen (secondary N) is 2. The van der Waals surface area contributed by atoms with Gasteiger partial charge < -0.3 is 10.6 Å². The van der Waals surface area contributed by atoms with Gasteiger partial charge in [0.1, 0.15) is 5.82 Å². The van der Waals surface area contributed by atoms with Gasteiger partial charge in [-0.25, -0.2) is 4.39 Å². The Morgan fingerprint density at radius 3 is 2.22 bits per heavy atom. The van der Waals surface area contributed by atoms with Crippen LogP contribution in [0.2, 0.25) is 0 Å². The van der Waals surface area contributed by atoms with Crippen LogP contribution in [0.5, 0.6) is 0 Å². The number of carbonyl (C=O) groups excluding carboxylic acids is 2. The summed E-state index contributed by atoms with van der Waals surface area (Å²) in [5.74, 6) is -0.820. The molecule has 0 aliphatic rings. The molecule has 0 heterocycles. The lowest BCUT2D eigenvalue weighted by Crippen LogP contribution is -2.29. The maximum absolute atomic E-state index is 12.9. The molecule has 0 aromatic heterocycles. The quantitative estimate of drug-likeness (QED) is 0.889. The van der Waals surface area contributed by atoms with Crippen LogP contribution in [0, 0.1) is 12.7 Å². The first-order valence-electron chi connectivity index (χ1n) is 7.33. The van der Waals surface area contributed by atoms with E-state index in [4.69, 9.17) is 0 Å². The van der Waals surface area contributed by atoms with Gasteiger partial charge in [-0.3, -0.25) is 9.59 Å². The highest BCUT2D eigenvalue weighted by molar-refractivity contribution is 5.91. The molecule has 23 heavy (non-hydrogen) atoms. The SMILES string of the molecule is CC(=O)NC(CC(=O)Nc1ccc(F)cc1)c1ccc(C)cc1. The van der Waals surface area contributed by atoms with Crippen LogP contribution in [0.4, 0.5) is 10.1 Å². The minimum absolute atomic E-state index is 0.0972. The van der Waals surface area contributed by atoms with Gasteiger partial charge in [-0.05, 0) is 36.8 Å². The Bertz CT molecular complexity index is 681. The summed E-state index contributed by atoms with van der Waals surface area (Å²) in [7, 11) is 0. The molecule has 0 radical (unpaired) electrons. The number of amides is 2. The van der Waals surface area contributed by atoms with E-state index in [1.165, 1.54) is 31.2 Å². The minimum atomic E-state index is -0.409. The highest BCUT2D eigenvalue weighted by Crippen LogP contribution is 2.19. The molecule has 2 amide bonds.